The molecule has 0 aliphatic heterocycles. The van der Waals surface area contributed by atoms with Crippen molar-refractivity contribution in [1.82, 2.24) is 0 Å². The Morgan fingerprint density at radius 2 is 1.72 bits per heavy atom. The molecule has 2 fully saturated rings. The van der Waals surface area contributed by atoms with Gasteiger partial charge in [0.15, 0.2) is 0 Å². The van der Waals surface area contributed by atoms with Gasteiger partial charge in [0.05, 0.1) is 12.5 Å². The maximum atomic E-state index is 12.6. The van der Waals surface area contributed by atoms with Crippen molar-refractivity contribution in [2.45, 2.75) is 19.8 Å². The molecule has 2 aromatic rings. The van der Waals surface area contributed by atoms with E-state index in [0.29, 0.717) is 6.61 Å². The van der Waals surface area contributed by atoms with Crippen molar-refractivity contribution in [2.24, 2.45) is 23.7 Å². The first-order valence-electron chi connectivity index (χ1n) is 9.03. The number of esters is 1. The van der Waals surface area contributed by atoms with Crippen LogP contribution in [0, 0.1) is 23.7 Å². The third kappa shape index (κ3) is 2.99. The van der Waals surface area contributed by atoms with Gasteiger partial charge >= 0.3 is 5.97 Å². The molecule has 0 heterocycles. The minimum absolute atomic E-state index is 0.0586. The molecule has 0 N–H and O–H groups in total. The predicted molar refractivity (Wildman–Crippen MR) is 95.8 cm³/mol. The topological polar surface area (TPSA) is 43.4 Å². The van der Waals surface area contributed by atoms with Crippen molar-refractivity contribution in [1.29, 1.82) is 0 Å². The lowest BCUT2D eigenvalue weighted by Gasteiger charge is -2.13. The molecule has 4 unspecified atom stereocenters. The van der Waals surface area contributed by atoms with Crippen LogP contribution in [0.15, 0.2) is 54.6 Å². The summed E-state index contributed by atoms with van der Waals surface area (Å²) in [5, 5.41) is 0. The van der Waals surface area contributed by atoms with Gasteiger partial charge < -0.3 is 4.74 Å². The van der Waals surface area contributed by atoms with E-state index in [1.165, 1.54) is 16.7 Å². The number of ether oxygens (including phenoxy) is 1. The molecule has 0 amide bonds. The Balaban J connectivity index is 1.38. The third-order valence-electron chi connectivity index (χ3n) is 5.56. The highest BCUT2D eigenvalue weighted by Crippen LogP contribution is 2.58. The van der Waals surface area contributed by atoms with Gasteiger partial charge in [0.25, 0.3) is 0 Å². The van der Waals surface area contributed by atoms with Crippen LogP contribution in [0.2, 0.25) is 0 Å². The van der Waals surface area contributed by atoms with Gasteiger partial charge in [-0.25, -0.2) is 0 Å². The lowest BCUT2D eigenvalue weighted by atomic mass is 9.91. The molecule has 0 saturated heterocycles. The molecule has 2 aliphatic rings. The Bertz CT molecular complexity index is 779. The summed E-state index contributed by atoms with van der Waals surface area (Å²) in [6.45, 7) is 2.19. The van der Waals surface area contributed by atoms with E-state index in [2.05, 4.69) is 36.4 Å². The van der Waals surface area contributed by atoms with E-state index in [1.807, 2.05) is 18.2 Å². The van der Waals surface area contributed by atoms with E-state index in [0.717, 1.165) is 12.8 Å². The predicted octanol–water partition coefficient (Wildman–Crippen LogP) is 3.91. The number of carbonyl (C=O) groups excluding carboxylic acids is 2. The molecule has 0 bridgehead atoms. The Morgan fingerprint density at radius 1 is 1.04 bits per heavy atom. The highest BCUT2D eigenvalue weighted by molar-refractivity contribution is 5.96. The normalized spacial score (nSPS) is 27.0. The monoisotopic (exact) mass is 334 g/mol. The van der Waals surface area contributed by atoms with Gasteiger partial charge in [-0.2, -0.15) is 0 Å². The van der Waals surface area contributed by atoms with Crippen LogP contribution in [0.1, 0.15) is 18.9 Å². The first-order valence-corrected chi connectivity index (χ1v) is 9.03. The van der Waals surface area contributed by atoms with Gasteiger partial charge in [0.2, 0.25) is 0 Å². The van der Waals surface area contributed by atoms with Crippen LogP contribution < -0.4 is 0 Å². The second-order valence-corrected chi connectivity index (χ2v) is 7.07. The lowest BCUT2D eigenvalue weighted by molar-refractivity contribution is -0.146. The van der Waals surface area contributed by atoms with Crippen molar-refractivity contribution in [2.75, 3.05) is 6.61 Å². The number of benzene rings is 2. The fraction of sp³-hybridized carbons (Fsp3) is 0.364. The van der Waals surface area contributed by atoms with Crippen LogP contribution in [0.3, 0.4) is 0 Å². The van der Waals surface area contributed by atoms with Crippen LogP contribution in [0.4, 0.5) is 0 Å². The molecule has 0 aromatic heterocycles. The van der Waals surface area contributed by atoms with Crippen LogP contribution in [-0.4, -0.2) is 18.4 Å². The molecule has 4 atom stereocenters. The summed E-state index contributed by atoms with van der Waals surface area (Å²) in [7, 11) is 0. The molecule has 0 spiro atoms. The zero-order chi connectivity index (χ0) is 17.4. The average molecular weight is 334 g/mol. The van der Waals surface area contributed by atoms with Gasteiger partial charge in [-0.05, 0) is 42.4 Å². The molecule has 2 aromatic carbocycles. The molecule has 0 radical (unpaired) electrons. The van der Waals surface area contributed by atoms with E-state index in [1.54, 1.807) is 6.92 Å². The average Bonchev–Trinajstić information content (AvgIpc) is 3.27. The van der Waals surface area contributed by atoms with Crippen molar-refractivity contribution in [3.8, 4) is 11.1 Å². The number of hydrogen-bond donors (Lipinski definition) is 0. The number of carbonyl (C=O) groups is 2. The molecule has 4 rings (SSSR count). The van der Waals surface area contributed by atoms with Crippen LogP contribution in [-0.2, 0) is 20.7 Å². The Hall–Kier alpha value is -2.42. The molecule has 3 heteroatoms. The van der Waals surface area contributed by atoms with Gasteiger partial charge in [-0.1, -0.05) is 54.6 Å². The van der Waals surface area contributed by atoms with E-state index < -0.39 is 0 Å². The van der Waals surface area contributed by atoms with Gasteiger partial charge in [-0.15, -0.1) is 0 Å². The van der Waals surface area contributed by atoms with Gasteiger partial charge in [0.1, 0.15) is 5.78 Å². The van der Waals surface area contributed by atoms with Gasteiger partial charge in [-0.3, -0.25) is 9.59 Å². The first-order chi connectivity index (χ1) is 12.2. The van der Waals surface area contributed by atoms with E-state index >= 15 is 0 Å². The first kappa shape index (κ1) is 16.1. The Kier molecular flexibility index (Phi) is 4.16. The lowest BCUT2D eigenvalue weighted by Crippen LogP contribution is -2.20. The summed E-state index contributed by atoms with van der Waals surface area (Å²) < 4.78 is 5.07. The molecule has 3 nitrogen and oxygen atoms in total. The van der Waals surface area contributed by atoms with Crippen molar-refractivity contribution < 1.29 is 14.3 Å². The molecule has 2 saturated carbocycles. The highest BCUT2D eigenvalue weighted by atomic mass is 16.5. The number of hydrogen-bond acceptors (Lipinski definition) is 3. The zero-order valence-corrected chi connectivity index (χ0v) is 14.4. The molecule has 128 valence electrons. The summed E-state index contributed by atoms with van der Waals surface area (Å²) in [5.74, 6) is 0.117. The summed E-state index contributed by atoms with van der Waals surface area (Å²) in [4.78, 5) is 24.4. The van der Waals surface area contributed by atoms with Crippen molar-refractivity contribution >= 4 is 11.8 Å². The van der Waals surface area contributed by atoms with Crippen LogP contribution in [0.5, 0.6) is 0 Å². The van der Waals surface area contributed by atoms with E-state index in [9.17, 15) is 9.59 Å². The standard InChI is InChI=1S/C22H22O3/c1-2-25-22(24)20-18-13-17(21(23)19(18)20)12-14-8-10-16(11-9-14)15-6-4-3-5-7-15/h3-11,17-20H,2,12-13H2,1H3. The smallest absolute Gasteiger partial charge is 0.309 e. The third-order valence-corrected chi connectivity index (χ3v) is 5.56. The second-order valence-electron chi connectivity index (χ2n) is 7.07. The van der Waals surface area contributed by atoms with E-state index in [-0.39, 0.29) is 35.4 Å². The van der Waals surface area contributed by atoms with Gasteiger partial charge in [0, 0.05) is 11.8 Å². The minimum atomic E-state index is -0.184. The fourth-order valence-electron chi connectivity index (χ4n) is 4.26. The largest absolute Gasteiger partial charge is 0.466 e. The SMILES string of the molecule is CCOC(=O)C1C2CC(Cc3ccc(-c4ccccc4)cc3)C(=O)C21. The summed E-state index contributed by atoms with van der Waals surface area (Å²) in [6, 6.07) is 18.7. The number of ketones is 1. The van der Waals surface area contributed by atoms with Crippen LogP contribution >= 0.6 is 0 Å². The van der Waals surface area contributed by atoms with Crippen LogP contribution in [0.25, 0.3) is 11.1 Å². The van der Waals surface area contributed by atoms with Crippen molar-refractivity contribution in [3.05, 3.63) is 60.2 Å². The minimum Gasteiger partial charge on any atom is -0.466 e. The number of fused-ring (bicyclic) bond motifs is 1. The fourth-order valence-corrected chi connectivity index (χ4v) is 4.26. The Morgan fingerprint density at radius 3 is 2.32 bits per heavy atom. The molecule has 25 heavy (non-hydrogen) atoms. The van der Waals surface area contributed by atoms with E-state index in [4.69, 9.17) is 4.74 Å². The quantitative estimate of drug-likeness (QED) is 0.779. The summed E-state index contributed by atoms with van der Waals surface area (Å²) in [6.07, 6.45) is 1.60. The maximum Gasteiger partial charge on any atom is 0.309 e. The summed E-state index contributed by atoms with van der Waals surface area (Å²) >= 11 is 0. The Labute approximate surface area is 148 Å². The van der Waals surface area contributed by atoms with Crippen molar-refractivity contribution in [3.63, 3.8) is 0 Å². The molecule has 2 aliphatic carbocycles. The second kappa shape index (κ2) is 6.47. The summed E-state index contributed by atoms with van der Waals surface area (Å²) in [5.41, 5.74) is 3.57. The maximum absolute atomic E-state index is 12.6. The molecular formula is C22H22O3. The number of rotatable bonds is 5. The zero-order valence-electron chi connectivity index (χ0n) is 14.4. The molecular weight excluding hydrogens is 312 g/mol. The number of Topliss-reactive ketones (excluding diaryl/α,β-unsaturated/α-hetero) is 1. The highest BCUT2D eigenvalue weighted by Gasteiger charge is 2.65.